The predicted molar refractivity (Wildman–Crippen MR) is 42.5 cm³/mol. The van der Waals surface area contributed by atoms with Gasteiger partial charge in [-0.3, -0.25) is 4.79 Å². The first-order chi connectivity index (χ1) is 5.21. The van der Waals surface area contributed by atoms with E-state index in [0.29, 0.717) is 6.42 Å². The maximum absolute atomic E-state index is 10.8. The van der Waals surface area contributed by atoms with Crippen LogP contribution in [0.3, 0.4) is 0 Å². The number of hydrogen-bond acceptors (Lipinski definition) is 2. The summed E-state index contributed by atoms with van der Waals surface area (Å²) >= 11 is 0. The van der Waals surface area contributed by atoms with Crippen molar-refractivity contribution in [2.45, 2.75) is 38.1 Å². The van der Waals surface area contributed by atoms with E-state index in [1.54, 1.807) is 0 Å². The Labute approximate surface area is 66.8 Å². The summed E-state index contributed by atoms with van der Waals surface area (Å²) < 4.78 is 0. The fourth-order valence-electron chi connectivity index (χ4n) is 1.60. The second-order valence-electron chi connectivity index (χ2n) is 3.12. The largest absolute Gasteiger partial charge is 0.480 e. The van der Waals surface area contributed by atoms with Crippen LogP contribution in [0.1, 0.15) is 32.6 Å². The maximum Gasteiger partial charge on any atom is 0.323 e. The third kappa shape index (κ3) is 1.53. The van der Waals surface area contributed by atoms with E-state index in [4.69, 9.17) is 5.11 Å². The minimum absolute atomic E-state index is 0.613. The van der Waals surface area contributed by atoms with Crippen LogP contribution in [0.15, 0.2) is 0 Å². The lowest BCUT2D eigenvalue weighted by Crippen LogP contribution is -2.54. The van der Waals surface area contributed by atoms with Gasteiger partial charge in [-0.15, -0.1) is 0 Å². The number of hydrogen-bond donors (Lipinski definition) is 2. The van der Waals surface area contributed by atoms with Gasteiger partial charge in [-0.05, 0) is 32.2 Å². The summed E-state index contributed by atoms with van der Waals surface area (Å²) in [6, 6.07) is 0. The first-order valence-corrected chi connectivity index (χ1v) is 4.20. The quantitative estimate of drug-likeness (QED) is 0.628. The number of carboxylic acids is 1. The average molecular weight is 157 g/mol. The van der Waals surface area contributed by atoms with Crippen molar-refractivity contribution >= 4 is 5.97 Å². The molecule has 1 aliphatic heterocycles. The molecule has 0 spiro atoms. The summed E-state index contributed by atoms with van der Waals surface area (Å²) in [6.07, 6.45) is 3.60. The highest BCUT2D eigenvalue weighted by atomic mass is 16.4. The molecule has 3 heteroatoms. The van der Waals surface area contributed by atoms with E-state index in [2.05, 4.69) is 5.32 Å². The highest BCUT2D eigenvalue weighted by molar-refractivity contribution is 5.78. The Hall–Kier alpha value is -0.570. The lowest BCUT2D eigenvalue weighted by Gasteiger charge is -2.33. The van der Waals surface area contributed by atoms with Gasteiger partial charge in [-0.1, -0.05) is 6.92 Å². The standard InChI is InChI=1S/C8H15NO2/c1-2-8(7(10)11)5-3-4-6-9-8/h9H,2-6H2,1H3,(H,10,11)/t8-/m0/s1. The van der Waals surface area contributed by atoms with E-state index in [9.17, 15) is 4.79 Å². The van der Waals surface area contributed by atoms with Gasteiger partial charge in [0.25, 0.3) is 0 Å². The first-order valence-electron chi connectivity index (χ1n) is 4.20. The molecule has 0 bridgehead atoms. The normalized spacial score (nSPS) is 31.7. The molecule has 2 N–H and O–H groups in total. The zero-order valence-electron chi connectivity index (χ0n) is 6.89. The van der Waals surface area contributed by atoms with Gasteiger partial charge >= 0.3 is 5.97 Å². The third-order valence-corrected chi connectivity index (χ3v) is 2.51. The second-order valence-corrected chi connectivity index (χ2v) is 3.12. The molecule has 0 aromatic carbocycles. The Kier molecular flexibility index (Phi) is 2.49. The molecule has 1 saturated heterocycles. The monoisotopic (exact) mass is 157 g/mol. The number of nitrogens with one attached hydrogen (secondary N) is 1. The molecular formula is C8H15NO2. The van der Waals surface area contributed by atoms with E-state index in [0.717, 1.165) is 25.8 Å². The van der Waals surface area contributed by atoms with E-state index in [1.807, 2.05) is 6.92 Å². The molecule has 0 saturated carbocycles. The Bertz CT molecular complexity index is 150. The van der Waals surface area contributed by atoms with Crippen LogP contribution >= 0.6 is 0 Å². The van der Waals surface area contributed by atoms with Gasteiger partial charge in [0.15, 0.2) is 0 Å². The molecule has 0 aliphatic carbocycles. The van der Waals surface area contributed by atoms with Crippen molar-refractivity contribution in [3.05, 3.63) is 0 Å². The van der Waals surface area contributed by atoms with Crippen LogP contribution in [0.2, 0.25) is 0 Å². The fraction of sp³-hybridized carbons (Fsp3) is 0.875. The molecule has 0 unspecified atom stereocenters. The van der Waals surface area contributed by atoms with Gasteiger partial charge in [0.2, 0.25) is 0 Å². The van der Waals surface area contributed by atoms with Gasteiger partial charge in [0.1, 0.15) is 5.54 Å². The van der Waals surface area contributed by atoms with Gasteiger partial charge in [-0.25, -0.2) is 0 Å². The number of carboxylic acid groups (broad SMARTS) is 1. The van der Waals surface area contributed by atoms with Crippen molar-refractivity contribution in [3.63, 3.8) is 0 Å². The zero-order chi connectivity index (χ0) is 8.32. The lowest BCUT2D eigenvalue weighted by atomic mass is 9.87. The number of rotatable bonds is 2. The average Bonchev–Trinajstić information content (AvgIpc) is 2.05. The van der Waals surface area contributed by atoms with Crippen LogP contribution in [0.5, 0.6) is 0 Å². The third-order valence-electron chi connectivity index (χ3n) is 2.51. The lowest BCUT2D eigenvalue weighted by molar-refractivity contribution is -0.146. The molecule has 0 aromatic rings. The molecule has 1 atom stereocenters. The highest BCUT2D eigenvalue weighted by Gasteiger charge is 2.37. The van der Waals surface area contributed by atoms with E-state index < -0.39 is 11.5 Å². The number of aliphatic carboxylic acids is 1. The summed E-state index contributed by atoms with van der Waals surface area (Å²) in [7, 11) is 0. The van der Waals surface area contributed by atoms with E-state index in [-0.39, 0.29) is 0 Å². The second kappa shape index (κ2) is 3.22. The molecular weight excluding hydrogens is 142 g/mol. The summed E-state index contributed by atoms with van der Waals surface area (Å²) in [6.45, 7) is 2.77. The summed E-state index contributed by atoms with van der Waals surface area (Å²) in [5.41, 5.74) is -0.613. The minimum Gasteiger partial charge on any atom is -0.480 e. The Morgan fingerprint density at radius 1 is 1.64 bits per heavy atom. The molecule has 1 rings (SSSR count). The van der Waals surface area contributed by atoms with E-state index in [1.165, 1.54) is 0 Å². The van der Waals surface area contributed by atoms with Crippen LogP contribution in [0.25, 0.3) is 0 Å². The molecule has 0 amide bonds. The van der Waals surface area contributed by atoms with Crippen LogP contribution in [0.4, 0.5) is 0 Å². The molecule has 1 fully saturated rings. The molecule has 11 heavy (non-hydrogen) atoms. The zero-order valence-corrected chi connectivity index (χ0v) is 6.89. The van der Waals surface area contributed by atoms with Crippen LogP contribution in [0, 0.1) is 0 Å². The van der Waals surface area contributed by atoms with E-state index >= 15 is 0 Å². The highest BCUT2D eigenvalue weighted by Crippen LogP contribution is 2.22. The van der Waals surface area contributed by atoms with Crippen molar-refractivity contribution in [1.82, 2.24) is 5.32 Å². The van der Waals surface area contributed by atoms with Crippen LogP contribution < -0.4 is 5.32 Å². The number of carbonyl (C=O) groups is 1. The van der Waals surface area contributed by atoms with Crippen LogP contribution in [-0.4, -0.2) is 23.2 Å². The van der Waals surface area contributed by atoms with Crippen LogP contribution in [-0.2, 0) is 4.79 Å². The molecule has 0 aromatic heterocycles. The molecule has 1 aliphatic rings. The molecule has 1 heterocycles. The SMILES string of the molecule is CC[C@@]1(C(=O)O)CCCCN1. The first kappa shape index (κ1) is 8.53. The van der Waals surface area contributed by atoms with Crippen molar-refractivity contribution in [3.8, 4) is 0 Å². The minimum atomic E-state index is -0.695. The van der Waals surface area contributed by atoms with Crippen molar-refractivity contribution in [2.75, 3.05) is 6.54 Å². The summed E-state index contributed by atoms with van der Waals surface area (Å²) in [5, 5.41) is 12.0. The van der Waals surface area contributed by atoms with Gasteiger partial charge in [-0.2, -0.15) is 0 Å². The summed E-state index contributed by atoms with van der Waals surface area (Å²) in [4.78, 5) is 10.8. The molecule has 64 valence electrons. The predicted octanol–water partition coefficient (Wildman–Crippen LogP) is 0.993. The summed E-state index contributed by atoms with van der Waals surface area (Å²) in [5.74, 6) is -0.695. The van der Waals surface area contributed by atoms with Gasteiger partial charge < -0.3 is 10.4 Å². The maximum atomic E-state index is 10.8. The smallest absolute Gasteiger partial charge is 0.323 e. The topological polar surface area (TPSA) is 49.3 Å². The van der Waals surface area contributed by atoms with Gasteiger partial charge in [0.05, 0.1) is 0 Å². The Morgan fingerprint density at radius 3 is 2.64 bits per heavy atom. The Morgan fingerprint density at radius 2 is 2.36 bits per heavy atom. The number of piperidine rings is 1. The van der Waals surface area contributed by atoms with Crippen molar-refractivity contribution < 1.29 is 9.90 Å². The van der Waals surface area contributed by atoms with Crippen molar-refractivity contribution in [1.29, 1.82) is 0 Å². The fourth-order valence-corrected chi connectivity index (χ4v) is 1.60. The van der Waals surface area contributed by atoms with Gasteiger partial charge in [0, 0.05) is 0 Å². The molecule has 0 radical (unpaired) electrons. The molecule has 3 nitrogen and oxygen atoms in total. The van der Waals surface area contributed by atoms with Crippen molar-refractivity contribution in [2.24, 2.45) is 0 Å². The Balaban J connectivity index is 2.64.